The number of ether oxygens (including phenoxy) is 2. The molecule has 0 radical (unpaired) electrons. The van der Waals surface area contributed by atoms with E-state index in [1.807, 2.05) is 42.5 Å². The first-order valence-electron chi connectivity index (χ1n) is 5.67. The molecule has 0 fully saturated rings. The van der Waals surface area contributed by atoms with Gasteiger partial charge in [0.2, 0.25) is 11.8 Å². The minimum absolute atomic E-state index is 0.504. The minimum atomic E-state index is 0.504. The molecule has 0 N–H and O–H groups in total. The predicted octanol–water partition coefficient (Wildman–Crippen LogP) is 4.12. The van der Waals surface area contributed by atoms with Crippen LogP contribution < -0.4 is 9.47 Å². The van der Waals surface area contributed by atoms with Gasteiger partial charge in [0.25, 0.3) is 5.19 Å². The molecule has 3 aromatic rings. The number of rotatable bonds is 4. The molecule has 0 aliphatic heterocycles. The van der Waals surface area contributed by atoms with E-state index >= 15 is 0 Å². The van der Waals surface area contributed by atoms with Crippen LogP contribution in [-0.4, -0.2) is 9.97 Å². The number of para-hydroxylation sites is 1. The van der Waals surface area contributed by atoms with Crippen molar-refractivity contribution < 1.29 is 9.47 Å². The topological polar surface area (TPSA) is 44.2 Å². The Balaban J connectivity index is 1.70. The molecule has 1 aromatic carbocycles. The lowest BCUT2D eigenvalue weighted by Crippen LogP contribution is -1.87. The van der Waals surface area contributed by atoms with Crippen molar-refractivity contribution in [2.45, 2.75) is 0 Å². The smallest absolute Gasteiger partial charge is 0.283 e. The van der Waals surface area contributed by atoms with Crippen molar-refractivity contribution in [1.29, 1.82) is 0 Å². The average molecular weight is 270 g/mol. The van der Waals surface area contributed by atoms with Crippen molar-refractivity contribution in [3.05, 3.63) is 60.1 Å². The third-order valence-electron chi connectivity index (χ3n) is 2.26. The summed E-state index contributed by atoms with van der Waals surface area (Å²) in [6.07, 6.45) is 1.67. The molecule has 0 spiro atoms. The van der Waals surface area contributed by atoms with Gasteiger partial charge in [0, 0.05) is 12.3 Å². The summed E-state index contributed by atoms with van der Waals surface area (Å²) in [6, 6.07) is 15.0. The molecule has 2 aromatic heterocycles. The van der Waals surface area contributed by atoms with Crippen LogP contribution in [0.5, 0.6) is 22.7 Å². The molecule has 5 heteroatoms. The summed E-state index contributed by atoms with van der Waals surface area (Å²) in [5.74, 6) is 1.78. The fourth-order valence-corrected chi connectivity index (χ4v) is 2.02. The maximum Gasteiger partial charge on any atom is 0.283 e. The molecular formula is C14H10N2O2S. The lowest BCUT2D eigenvalue weighted by molar-refractivity contribution is 0.432. The molecule has 4 nitrogen and oxygen atoms in total. The van der Waals surface area contributed by atoms with Crippen molar-refractivity contribution in [2.24, 2.45) is 0 Å². The predicted molar refractivity (Wildman–Crippen MR) is 72.9 cm³/mol. The second-order valence-corrected chi connectivity index (χ2v) is 4.46. The van der Waals surface area contributed by atoms with E-state index in [1.54, 1.807) is 17.6 Å². The highest BCUT2D eigenvalue weighted by molar-refractivity contribution is 7.11. The van der Waals surface area contributed by atoms with Crippen molar-refractivity contribution >= 4 is 11.3 Å². The van der Waals surface area contributed by atoms with Gasteiger partial charge in [0.1, 0.15) is 5.75 Å². The zero-order valence-corrected chi connectivity index (χ0v) is 10.7. The van der Waals surface area contributed by atoms with Gasteiger partial charge in [-0.2, -0.15) is 4.98 Å². The van der Waals surface area contributed by atoms with Crippen LogP contribution in [0.4, 0.5) is 0 Å². The van der Waals surface area contributed by atoms with Gasteiger partial charge in [-0.05, 0) is 18.2 Å². The van der Waals surface area contributed by atoms with E-state index in [-0.39, 0.29) is 0 Å². The van der Waals surface area contributed by atoms with Crippen molar-refractivity contribution in [3.8, 4) is 22.7 Å². The second kappa shape index (κ2) is 5.49. The van der Waals surface area contributed by atoms with Crippen LogP contribution in [0, 0.1) is 0 Å². The Morgan fingerprint density at radius 1 is 0.842 bits per heavy atom. The minimum Gasteiger partial charge on any atom is -0.438 e. The van der Waals surface area contributed by atoms with Crippen LogP contribution in [0.3, 0.4) is 0 Å². The molecule has 0 aliphatic rings. The summed E-state index contributed by atoms with van der Waals surface area (Å²) in [5.41, 5.74) is 0. The molecule has 2 heterocycles. The SMILES string of the molecule is c1ccc(Oc2csc(Oc3ccccn3)n2)cc1. The highest BCUT2D eigenvalue weighted by atomic mass is 32.1. The molecule has 0 saturated heterocycles. The van der Waals surface area contributed by atoms with Crippen molar-refractivity contribution in [1.82, 2.24) is 9.97 Å². The Kier molecular flexibility index (Phi) is 3.38. The van der Waals surface area contributed by atoms with Gasteiger partial charge in [-0.3, -0.25) is 0 Å². The van der Waals surface area contributed by atoms with Crippen LogP contribution in [0.2, 0.25) is 0 Å². The Bertz CT molecular complexity index is 585. The third-order valence-corrected chi connectivity index (χ3v) is 2.95. The summed E-state index contributed by atoms with van der Waals surface area (Å²) in [7, 11) is 0. The average Bonchev–Trinajstić information content (AvgIpc) is 2.88. The Labute approximate surface area is 114 Å². The number of pyridine rings is 1. The number of nitrogens with zero attached hydrogens (tertiary/aromatic N) is 2. The fraction of sp³-hybridized carbons (Fsp3) is 0. The molecule has 0 unspecified atom stereocenters. The van der Waals surface area contributed by atoms with E-state index < -0.39 is 0 Å². The third kappa shape index (κ3) is 3.08. The lowest BCUT2D eigenvalue weighted by atomic mass is 10.3. The van der Waals surface area contributed by atoms with Gasteiger partial charge in [0.15, 0.2) is 0 Å². The standard InChI is InChI=1S/C14H10N2O2S/c1-2-6-11(7-3-1)17-13-10-19-14(16-13)18-12-8-4-5-9-15-12/h1-10H. The number of thiazole rings is 1. The highest BCUT2D eigenvalue weighted by Crippen LogP contribution is 2.29. The van der Waals surface area contributed by atoms with Crippen LogP contribution in [0.25, 0.3) is 0 Å². The first-order valence-corrected chi connectivity index (χ1v) is 6.55. The summed E-state index contributed by atoms with van der Waals surface area (Å²) >= 11 is 1.37. The van der Waals surface area contributed by atoms with E-state index in [4.69, 9.17) is 9.47 Å². The molecule has 3 rings (SSSR count). The van der Waals surface area contributed by atoms with Crippen LogP contribution >= 0.6 is 11.3 Å². The Hall–Kier alpha value is -2.40. The number of hydrogen-bond acceptors (Lipinski definition) is 5. The van der Waals surface area contributed by atoms with Gasteiger partial charge >= 0.3 is 0 Å². The summed E-state index contributed by atoms with van der Waals surface area (Å²) in [4.78, 5) is 8.31. The van der Waals surface area contributed by atoms with Gasteiger partial charge in [-0.25, -0.2) is 4.98 Å². The molecule has 0 amide bonds. The summed E-state index contributed by atoms with van der Waals surface area (Å²) in [6.45, 7) is 0. The summed E-state index contributed by atoms with van der Waals surface area (Å²) < 4.78 is 11.1. The second-order valence-electron chi connectivity index (χ2n) is 3.64. The van der Waals surface area contributed by atoms with E-state index in [0.29, 0.717) is 17.0 Å². The first kappa shape index (κ1) is 11.7. The molecule has 0 atom stereocenters. The molecule has 0 aliphatic carbocycles. The normalized spacial score (nSPS) is 10.1. The maximum atomic E-state index is 5.60. The summed E-state index contributed by atoms with van der Waals surface area (Å²) in [5, 5.41) is 2.30. The zero-order chi connectivity index (χ0) is 12.9. The number of hydrogen-bond donors (Lipinski definition) is 0. The Morgan fingerprint density at radius 2 is 1.68 bits per heavy atom. The van der Waals surface area contributed by atoms with Crippen LogP contribution in [0.15, 0.2) is 60.1 Å². The van der Waals surface area contributed by atoms with Gasteiger partial charge in [-0.1, -0.05) is 35.6 Å². The van der Waals surface area contributed by atoms with E-state index in [0.717, 1.165) is 5.75 Å². The monoisotopic (exact) mass is 270 g/mol. The quantitative estimate of drug-likeness (QED) is 0.715. The van der Waals surface area contributed by atoms with E-state index in [2.05, 4.69) is 9.97 Å². The molecule has 0 saturated carbocycles. The number of aromatic nitrogens is 2. The largest absolute Gasteiger partial charge is 0.438 e. The highest BCUT2D eigenvalue weighted by Gasteiger charge is 2.06. The van der Waals surface area contributed by atoms with Crippen molar-refractivity contribution in [3.63, 3.8) is 0 Å². The molecule has 94 valence electrons. The van der Waals surface area contributed by atoms with E-state index in [1.165, 1.54) is 11.3 Å². The zero-order valence-electron chi connectivity index (χ0n) is 9.89. The van der Waals surface area contributed by atoms with Crippen molar-refractivity contribution in [2.75, 3.05) is 0 Å². The van der Waals surface area contributed by atoms with Crippen LogP contribution in [-0.2, 0) is 0 Å². The van der Waals surface area contributed by atoms with Crippen LogP contribution in [0.1, 0.15) is 0 Å². The molecular weight excluding hydrogens is 260 g/mol. The number of benzene rings is 1. The Morgan fingerprint density at radius 3 is 2.47 bits per heavy atom. The first-order chi connectivity index (χ1) is 9.40. The van der Waals surface area contributed by atoms with Gasteiger partial charge in [0.05, 0.1) is 5.38 Å². The lowest BCUT2D eigenvalue weighted by Gasteiger charge is -2.00. The fourth-order valence-electron chi connectivity index (χ4n) is 1.44. The molecule has 19 heavy (non-hydrogen) atoms. The molecule has 0 bridgehead atoms. The van der Waals surface area contributed by atoms with E-state index in [9.17, 15) is 0 Å². The van der Waals surface area contributed by atoms with Gasteiger partial charge in [-0.15, -0.1) is 0 Å². The maximum absolute atomic E-state index is 5.60. The van der Waals surface area contributed by atoms with Gasteiger partial charge < -0.3 is 9.47 Å².